The van der Waals surface area contributed by atoms with Gasteiger partial charge in [0.25, 0.3) is 16.7 Å². The van der Waals surface area contributed by atoms with E-state index in [9.17, 15) is 9.59 Å². The lowest BCUT2D eigenvalue weighted by Gasteiger charge is -2.09. The summed E-state index contributed by atoms with van der Waals surface area (Å²) in [5.41, 5.74) is 1.12. The monoisotopic (exact) mass is 474 g/mol. The van der Waals surface area contributed by atoms with E-state index >= 15 is 0 Å². The van der Waals surface area contributed by atoms with Crippen LogP contribution in [0.15, 0.2) is 79.6 Å². The van der Waals surface area contributed by atoms with E-state index in [4.69, 9.17) is 8.94 Å². The van der Waals surface area contributed by atoms with Gasteiger partial charge in [0, 0.05) is 11.5 Å². The molecule has 0 bridgehead atoms. The zero-order valence-electron chi connectivity index (χ0n) is 18.0. The van der Waals surface area contributed by atoms with Crippen LogP contribution >= 0.6 is 11.8 Å². The van der Waals surface area contributed by atoms with Crippen molar-refractivity contribution in [2.75, 3.05) is 11.1 Å². The third-order valence-corrected chi connectivity index (χ3v) is 5.69. The van der Waals surface area contributed by atoms with Crippen LogP contribution in [0.25, 0.3) is 22.4 Å². The number of amides is 1. The number of hydrogen-bond donors (Lipinski definition) is 1. The van der Waals surface area contributed by atoms with E-state index in [1.807, 2.05) is 36.4 Å². The lowest BCUT2D eigenvalue weighted by Crippen LogP contribution is -2.24. The fraction of sp³-hybridized carbons (Fsp3) is 0.130. The minimum Gasteiger partial charge on any atom is -0.409 e. The van der Waals surface area contributed by atoms with Crippen molar-refractivity contribution in [2.45, 2.75) is 18.7 Å². The largest absolute Gasteiger partial charge is 0.409 e. The normalized spacial score (nSPS) is 11.1. The highest BCUT2D eigenvalue weighted by Gasteiger charge is 2.18. The molecule has 1 amide bonds. The molecule has 34 heavy (non-hydrogen) atoms. The maximum Gasteiger partial charge on any atom is 0.277 e. The Hall–Kier alpha value is -4.25. The quantitative estimate of drug-likeness (QED) is 0.352. The van der Waals surface area contributed by atoms with Gasteiger partial charge in [0.1, 0.15) is 5.76 Å². The minimum absolute atomic E-state index is 0.0369. The van der Waals surface area contributed by atoms with Crippen LogP contribution in [-0.4, -0.2) is 36.8 Å². The first-order chi connectivity index (χ1) is 16.6. The maximum absolute atomic E-state index is 13.0. The Balaban J connectivity index is 1.40. The molecule has 3 heterocycles. The van der Waals surface area contributed by atoms with Gasteiger partial charge in [-0.15, -0.1) is 10.2 Å². The highest BCUT2D eigenvalue weighted by atomic mass is 32.2. The molecular weight excluding hydrogens is 456 g/mol. The smallest absolute Gasteiger partial charge is 0.277 e. The molecule has 5 rings (SSSR count). The van der Waals surface area contributed by atoms with Crippen LogP contribution in [0.1, 0.15) is 11.3 Å². The molecule has 0 spiro atoms. The second-order valence-electron chi connectivity index (χ2n) is 7.38. The Morgan fingerprint density at radius 1 is 1.06 bits per heavy atom. The number of carbonyl (C=O) groups is 1. The SMILES string of the molecule is Cc1cc(NC(=O)CSc2nnc(-c3nn(Cc4ccccc4)c(=O)c4ccccc34)o2)no1. The van der Waals surface area contributed by atoms with E-state index in [2.05, 4.69) is 25.8 Å². The lowest BCUT2D eigenvalue weighted by molar-refractivity contribution is -0.113. The van der Waals surface area contributed by atoms with Crippen molar-refractivity contribution in [1.29, 1.82) is 0 Å². The van der Waals surface area contributed by atoms with Gasteiger partial charge in [0.2, 0.25) is 5.91 Å². The van der Waals surface area contributed by atoms with Crippen LogP contribution in [-0.2, 0) is 11.3 Å². The number of carbonyl (C=O) groups excluding carboxylic acids is 1. The van der Waals surface area contributed by atoms with Gasteiger partial charge < -0.3 is 14.3 Å². The third kappa shape index (κ3) is 4.59. The molecule has 5 aromatic rings. The molecule has 1 N–H and O–H groups in total. The molecule has 0 atom stereocenters. The lowest BCUT2D eigenvalue weighted by atomic mass is 10.1. The zero-order valence-corrected chi connectivity index (χ0v) is 18.8. The Kier molecular flexibility index (Phi) is 5.91. The Bertz CT molecular complexity index is 1530. The summed E-state index contributed by atoms with van der Waals surface area (Å²) in [6, 6.07) is 18.3. The summed E-state index contributed by atoms with van der Waals surface area (Å²) in [5, 5.41) is 20.3. The van der Waals surface area contributed by atoms with Crippen molar-refractivity contribution in [2.24, 2.45) is 0 Å². The second-order valence-corrected chi connectivity index (χ2v) is 8.30. The molecule has 170 valence electrons. The van der Waals surface area contributed by atoms with E-state index in [1.165, 1.54) is 4.68 Å². The summed E-state index contributed by atoms with van der Waals surface area (Å²) in [7, 11) is 0. The van der Waals surface area contributed by atoms with Gasteiger partial charge >= 0.3 is 0 Å². The highest BCUT2D eigenvalue weighted by molar-refractivity contribution is 7.99. The molecule has 0 unspecified atom stereocenters. The van der Waals surface area contributed by atoms with Crippen LogP contribution in [0.3, 0.4) is 0 Å². The number of rotatable bonds is 7. The predicted octanol–water partition coefficient (Wildman–Crippen LogP) is 3.52. The van der Waals surface area contributed by atoms with Crippen LogP contribution < -0.4 is 10.9 Å². The first-order valence-corrected chi connectivity index (χ1v) is 11.3. The molecule has 0 aliphatic rings. The minimum atomic E-state index is -0.293. The molecule has 0 radical (unpaired) electrons. The van der Waals surface area contributed by atoms with Gasteiger partial charge in [-0.1, -0.05) is 65.4 Å². The summed E-state index contributed by atoms with van der Waals surface area (Å²) in [6.45, 7) is 2.03. The zero-order chi connectivity index (χ0) is 23.5. The van der Waals surface area contributed by atoms with Gasteiger partial charge in [-0.2, -0.15) is 5.10 Å². The average Bonchev–Trinajstić information content (AvgIpc) is 3.49. The number of aromatic nitrogens is 5. The second kappa shape index (κ2) is 9.32. The Morgan fingerprint density at radius 3 is 2.59 bits per heavy atom. The van der Waals surface area contributed by atoms with Crippen molar-refractivity contribution in [3.05, 3.63) is 82.3 Å². The molecule has 0 aliphatic carbocycles. The third-order valence-electron chi connectivity index (χ3n) is 4.87. The first kappa shape index (κ1) is 21.6. The van der Waals surface area contributed by atoms with Gasteiger partial charge in [0.15, 0.2) is 11.5 Å². The molecule has 0 saturated carbocycles. The standard InChI is InChI=1S/C23H18N6O4S/c1-14-11-18(28-33-14)24-19(30)13-34-23-26-25-21(32-23)20-16-9-5-6-10-17(16)22(31)29(27-20)12-15-7-3-2-4-8-15/h2-11H,12-13H2,1H3,(H,24,28,30). The first-order valence-electron chi connectivity index (χ1n) is 10.3. The van der Waals surface area contributed by atoms with Gasteiger partial charge in [-0.3, -0.25) is 9.59 Å². The van der Waals surface area contributed by atoms with E-state index in [0.29, 0.717) is 34.6 Å². The molecule has 0 aliphatic heterocycles. The van der Waals surface area contributed by atoms with Gasteiger partial charge in [0.05, 0.1) is 17.7 Å². The number of thioether (sulfide) groups is 1. The number of nitrogens with one attached hydrogen (secondary N) is 1. The number of nitrogens with zero attached hydrogens (tertiary/aromatic N) is 5. The molecule has 0 fully saturated rings. The summed E-state index contributed by atoms with van der Waals surface area (Å²) >= 11 is 1.08. The number of aryl methyl sites for hydroxylation is 1. The van der Waals surface area contributed by atoms with Crippen molar-refractivity contribution < 1.29 is 13.7 Å². The molecule has 3 aromatic heterocycles. The topological polar surface area (TPSA) is 129 Å². The fourth-order valence-corrected chi connectivity index (χ4v) is 3.92. The van der Waals surface area contributed by atoms with Crippen molar-refractivity contribution in [3.63, 3.8) is 0 Å². The number of benzene rings is 2. The fourth-order valence-electron chi connectivity index (χ4n) is 3.35. The molecule has 0 saturated heterocycles. The van der Waals surface area contributed by atoms with Crippen molar-refractivity contribution >= 4 is 34.3 Å². The van der Waals surface area contributed by atoms with Crippen LogP contribution in [0, 0.1) is 6.92 Å². The molecular formula is C23H18N6O4S. The summed E-state index contributed by atoms with van der Waals surface area (Å²) < 4.78 is 12.1. The summed E-state index contributed by atoms with van der Waals surface area (Å²) in [4.78, 5) is 25.2. The van der Waals surface area contributed by atoms with E-state index < -0.39 is 0 Å². The van der Waals surface area contributed by atoms with Gasteiger partial charge in [-0.05, 0) is 18.6 Å². The van der Waals surface area contributed by atoms with Gasteiger partial charge in [-0.25, -0.2) is 4.68 Å². The van der Waals surface area contributed by atoms with Crippen LogP contribution in [0.4, 0.5) is 5.82 Å². The van der Waals surface area contributed by atoms with Crippen LogP contribution in [0.5, 0.6) is 0 Å². The molecule has 2 aromatic carbocycles. The Labute approximate surface area is 197 Å². The number of anilines is 1. The maximum atomic E-state index is 13.0. The van der Waals surface area contributed by atoms with E-state index in [1.54, 1.807) is 31.2 Å². The summed E-state index contributed by atoms with van der Waals surface area (Å²) in [6.07, 6.45) is 0. The van der Waals surface area contributed by atoms with Crippen molar-refractivity contribution in [1.82, 2.24) is 25.1 Å². The van der Waals surface area contributed by atoms with E-state index in [-0.39, 0.29) is 28.3 Å². The Morgan fingerprint density at radius 2 is 1.82 bits per heavy atom. The summed E-state index contributed by atoms with van der Waals surface area (Å²) in [5.74, 6) is 0.837. The predicted molar refractivity (Wildman–Crippen MR) is 125 cm³/mol. The molecule has 11 heteroatoms. The number of fused-ring (bicyclic) bond motifs is 1. The average molecular weight is 475 g/mol. The van der Waals surface area contributed by atoms with E-state index in [0.717, 1.165) is 17.3 Å². The highest BCUT2D eigenvalue weighted by Crippen LogP contribution is 2.26. The molecule has 10 nitrogen and oxygen atoms in total. The number of hydrogen-bond acceptors (Lipinski definition) is 9. The van der Waals surface area contributed by atoms with Crippen molar-refractivity contribution in [3.8, 4) is 11.6 Å². The van der Waals surface area contributed by atoms with Crippen LogP contribution in [0.2, 0.25) is 0 Å².